The highest BCUT2D eigenvalue weighted by Gasteiger charge is 2.17. The van der Waals surface area contributed by atoms with Crippen LogP contribution >= 0.6 is 0 Å². The molecule has 0 bridgehead atoms. The number of hydrogen-bond donors (Lipinski definition) is 2. The van der Waals surface area contributed by atoms with Crippen LogP contribution in [0.1, 0.15) is 15.9 Å². The molecule has 4 nitrogen and oxygen atoms in total. The first-order valence-electron chi connectivity index (χ1n) is 6.08. The summed E-state index contributed by atoms with van der Waals surface area (Å²) in [5, 5.41) is 9.64. The molecule has 5 heteroatoms. The van der Waals surface area contributed by atoms with E-state index in [0.717, 1.165) is 17.7 Å². The van der Waals surface area contributed by atoms with Crippen LogP contribution < -0.4 is 10.6 Å². The van der Waals surface area contributed by atoms with Crippen molar-refractivity contribution in [3.8, 4) is 5.75 Å². The number of halogens is 1. The van der Waals surface area contributed by atoms with Crippen LogP contribution in [0.15, 0.2) is 42.5 Å². The van der Waals surface area contributed by atoms with Gasteiger partial charge in [0, 0.05) is 25.3 Å². The Balaban J connectivity index is 2.27. The molecule has 0 unspecified atom stereocenters. The summed E-state index contributed by atoms with van der Waals surface area (Å²) in [5.74, 6) is -1.38. The number of anilines is 1. The SMILES string of the molecule is CN(C(=O)c1ccc(F)cc1O)c1ccc(CN)cc1. The maximum absolute atomic E-state index is 12.9. The predicted octanol–water partition coefficient (Wildman–Crippen LogP) is 2.27. The summed E-state index contributed by atoms with van der Waals surface area (Å²) in [4.78, 5) is 13.6. The molecule has 0 aromatic heterocycles. The Hall–Kier alpha value is -2.40. The van der Waals surface area contributed by atoms with Crippen molar-refractivity contribution in [1.82, 2.24) is 0 Å². The van der Waals surface area contributed by atoms with E-state index in [0.29, 0.717) is 12.2 Å². The molecule has 0 saturated carbocycles. The summed E-state index contributed by atoms with van der Waals surface area (Å²) < 4.78 is 12.9. The first-order chi connectivity index (χ1) is 9.52. The largest absolute Gasteiger partial charge is 0.507 e. The van der Waals surface area contributed by atoms with Gasteiger partial charge in [0.05, 0.1) is 5.56 Å². The van der Waals surface area contributed by atoms with Gasteiger partial charge >= 0.3 is 0 Å². The summed E-state index contributed by atoms with van der Waals surface area (Å²) in [7, 11) is 1.59. The van der Waals surface area contributed by atoms with E-state index in [4.69, 9.17) is 5.73 Å². The normalized spacial score (nSPS) is 10.3. The lowest BCUT2D eigenvalue weighted by Gasteiger charge is -2.18. The number of phenolic OH excluding ortho intramolecular Hbond substituents is 1. The first-order valence-corrected chi connectivity index (χ1v) is 6.08. The fourth-order valence-electron chi connectivity index (χ4n) is 1.84. The van der Waals surface area contributed by atoms with E-state index in [1.54, 1.807) is 19.2 Å². The summed E-state index contributed by atoms with van der Waals surface area (Å²) in [6.45, 7) is 0.427. The van der Waals surface area contributed by atoms with Crippen LogP contribution in [0.25, 0.3) is 0 Å². The summed E-state index contributed by atoms with van der Waals surface area (Å²) in [6, 6.07) is 10.5. The minimum atomic E-state index is -0.589. The van der Waals surface area contributed by atoms with Gasteiger partial charge in [0.1, 0.15) is 11.6 Å². The zero-order chi connectivity index (χ0) is 14.7. The van der Waals surface area contributed by atoms with Gasteiger partial charge in [-0.15, -0.1) is 0 Å². The summed E-state index contributed by atoms with van der Waals surface area (Å²) in [6.07, 6.45) is 0. The van der Waals surface area contributed by atoms with Crippen molar-refractivity contribution in [2.75, 3.05) is 11.9 Å². The summed E-state index contributed by atoms with van der Waals surface area (Å²) in [5.41, 5.74) is 7.18. The van der Waals surface area contributed by atoms with Crippen LogP contribution in [0.2, 0.25) is 0 Å². The van der Waals surface area contributed by atoms with Gasteiger partial charge in [-0.05, 0) is 29.8 Å². The van der Waals surface area contributed by atoms with Crippen molar-refractivity contribution in [3.05, 3.63) is 59.4 Å². The molecule has 0 aliphatic carbocycles. The van der Waals surface area contributed by atoms with E-state index in [2.05, 4.69) is 0 Å². The Morgan fingerprint density at radius 3 is 2.45 bits per heavy atom. The van der Waals surface area contributed by atoms with Gasteiger partial charge in [0.15, 0.2) is 0 Å². The number of aromatic hydroxyl groups is 1. The van der Waals surface area contributed by atoms with Crippen molar-refractivity contribution < 1.29 is 14.3 Å². The van der Waals surface area contributed by atoms with Gasteiger partial charge in [-0.2, -0.15) is 0 Å². The molecule has 0 saturated heterocycles. The molecule has 2 aromatic carbocycles. The highest BCUT2D eigenvalue weighted by Crippen LogP contribution is 2.22. The van der Waals surface area contributed by atoms with E-state index in [-0.39, 0.29) is 11.3 Å². The second-order valence-corrected chi connectivity index (χ2v) is 4.40. The van der Waals surface area contributed by atoms with E-state index in [1.807, 2.05) is 12.1 Å². The number of benzene rings is 2. The van der Waals surface area contributed by atoms with Crippen molar-refractivity contribution in [1.29, 1.82) is 0 Å². The lowest BCUT2D eigenvalue weighted by molar-refractivity contribution is 0.0990. The maximum atomic E-state index is 12.9. The van der Waals surface area contributed by atoms with Crippen molar-refractivity contribution in [3.63, 3.8) is 0 Å². The minimum Gasteiger partial charge on any atom is -0.507 e. The molecule has 0 fully saturated rings. The Bertz CT molecular complexity index is 626. The highest BCUT2D eigenvalue weighted by molar-refractivity contribution is 6.07. The smallest absolute Gasteiger partial charge is 0.261 e. The van der Waals surface area contributed by atoms with Crippen molar-refractivity contribution in [2.45, 2.75) is 6.54 Å². The molecule has 2 aromatic rings. The van der Waals surface area contributed by atoms with Gasteiger partial charge in [0.2, 0.25) is 0 Å². The van der Waals surface area contributed by atoms with E-state index < -0.39 is 11.7 Å². The van der Waals surface area contributed by atoms with Crippen LogP contribution in [0.3, 0.4) is 0 Å². The molecule has 0 spiro atoms. The zero-order valence-electron chi connectivity index (χ0n) is 11.0. The second-order valence-electron chi connectivity index (χ2n) is 4.40. The highest BCUT2D eigenvalue weighted by atomic mass is 19.1. The molecule has 0 atom stereocenters. The molecule has 0 radical (unpaired) electrons. The Labute approximate surface area is 116 Å². The number of hydrogen-bond acceptors (Lipinski definition) is 3. The number of carbonyl (C=O) groups is 1. The number of nitrogens with two attached hydrogens (primary N) is 1. The van der Waals surface area contributed by atoms with E-state index in [9.17, 15) is 14.3 Å². The topological polar surface area (TPSA) is 66.6 Å². The third-order valence-electron chi connectivity index (χ3n) is 3.05. The Morgan fingerprint density at radius 1 is 1.25 bits per heavy atom. The first kappa shape index (κ1) is 14.0. The van der Waals surface area contributed by atoms with Gasteiger partial charge in [-0.3, -0.25) is 4.79 Å². The van der Waals surface area contributed by atoms with Crippen LogP contribution in [0.4, 0.5) is 10.1 Å². The molecule has 3 N–H and O–H groups in total. The molecule has 20 heavy (non-hydrogen) atoms. The third-order valence-corrected chi connectivity index (χ3v) is 3.05. The number of rotatable bonds is 3. The lowest BCUT2D eigenvalue weighted by Crippen LogP contribution is -2.26. The molecule has 104 valence electrons. The molecule has 0 aliphatic rings. The van der Waals surface area contributed by atoms with Crippen molar-refractivity contribution in [2.24, 2.45) is 5.73 Å². The van der Waals surface area contributed by atoms with Crippen molar-refractivity contribution >= 4 is 11.6 Å². The van der Waals surface area contributed by atoms with Crippen LogP contribution in [0, 0.1) is 5.82 Å². The fourth-order valence-corrected chi connectivity index (χ4v) is 1.84. The Kier molecular flexibility index (Phi) is 4.00. The maximum Gasteiger partial charge on any atom is 0.261 e. The molecular weight excluding hydrogens is 259 g/mol. The molecule has 0 heterocycles. The Morgan fingerprint density at radius 2 is 1.90 bits per heavy atom. The molecular formula is C15H15FN2O2. The van der Waals surface area contributed by atoms with E-state index >= 15 is 0 Å². The van der Waals surface area contributed by atoms with Crippen LogP contribution in [-0.4, -0.2) is 18.1 Å². The fraction of sp³-hybridized carbons (Fsp3) is 0.133. The van der Waals surface area contributed by atoms with Gasteiger partial charge in [-0.1, -0.05) is 12.1 Å². The third kappa shape index (κ3) is 2.78. The number of amides is 1. The molecule has 2 rings (SSSR count). The average molecular weight is 274 g/mol. The number of carbonyl (C=O) groups excluding carboxylic acids is 1. The van der Waals surface area contributed by atoms with Gasteiger partial charge < -0.3 is 15.7 Å². The predicted molar refractivity (Wildman–Crippen MR) is 75.1 cm³/mol. The monoisotopic (exact) mass is 274 g/mol. The summed E-state index contributed by atoms with van der Waals surface area (Å²) >= 11 is 0. The van der Waals surface area contributed by atoms with Gasteiger partial charge in [-0.25, -0.2) is 4.39 Å². The lowest BCUT2D eigenvalue weighted by atomic mass is 10.1. The molecule has 0 aliphatic heterocycles. The van der Waals surface area contributed by atoms with Gasteiger partial charge in [0.25, 0.3) is 5.91 Å². The van der Waals surface area contributed by atoms with E-state index in [1.165, 1.54) is 11.0 Å². The second kappa shape index (κ2) is 5.71. The standard InChI is InChI=1S/C15H15FN2O2/c1-18(12-5-2-10(9-17)3-6-12)15(20)13-7-4-11(16)8-14(13)19/h2-8,19H,9,17H2,1H3. The minimum absolute atomic E-state index is 0.0526. The molecule has 1 amide bonds. The van der Waals surface area contributed by atoms with Crippen LogP contribution in [-0.2, 0) is 6.54 Å². The average Bonchev–Trinajstić information content (AvgIpc) is 2.46. The zero-order valence-corrected chi connectivity index (χ0v) is 11.0. The quantitative estimate of drug-likeness (QED) is 0.902. The van der Waals surface area contributed by atoms with Crippen LogP contribution in [0.5, 0.6) is 5.75 Å². The number of phenols is 1. The number of nitrogens with zero attached hydrogens (tertiary/aromatic N) is 1.